The molecule has 0 saturated carbocycles. The van der Waals surface area contributed by atoms with Crippen LogP contribution in [0.2, 0.25) is 0 Å². The highest BCUT2D eigenvalue weighted by Gasteiger charge is 2.27. The van der Waals surface area contributed by atoms with E-state index in [1.54, 1.807) is 0 Å². The zero-order valence-corrected chi connectivity index (χ0v) is 12.8. The second-order valence-electron chi connectivity index (χ2n) is 6.95. The van der Waals surface area contributed by atoms with Crippen LogP contribution in [0.3, 0.4) is 0 Å². The van der Waals surface area contributed by atoms with Crippen LogP contribution in [0.15, 0.2) is 24.3 Å². The smallest absolute Gasteiger partial charge is 0.123 e. The summed E-state index contributed by atoms with van der Waals surface area (Å²) in [6.45, 7) is 11.8. The lowest BCUT2D eigenvalue weighted by Gasteiger charge is -2.33. The van der Waals surface area contributed by atoms with E-state index in [0.29, 0.717) is 18.4 Å². The van der Waals surface area contributed by atoms with Crippen molar-refractivity contribution in [1.82, 2.24) is 0 Å². The Morgan fingerprint density at radius 2 is 1.63 bits per heavy atom. The molecule has 0 atom stereocenters. The van der Waals surface area contributed by atoms with Gasteiger partial charge in [0, 0.05) is 6.42 Å². The Morgan fingerprint density at radius 3 is 2.11 bits per heavy atom. The Bertz CT molecular complexity index is 396. The van der Waals surface area contributed by atoms with Crippen molar-refractivity contribution < 1.29 is 9.53 Å². The van der Waals surface area contributed by atoms with E-state index in [1.807, 2.05) is 12.1 Å². The maximum Gasteiger partial charge on any atom is 0.123 e. The SMILES string of the molecule is CC(C)(C)CC(C)(C)c1ccc(OCCC=O)cc1. The van der Waals surface area contributed by atoms with Crippen molar-refractivity contribution in [3.8, 4) is 5.75 Å². The van der Waals surface area contributed by atoms with Gasteiger partial charge in [-0.05, 0) is 34.9 Å². The third kappa shape index (κ3) is 5.46. The summed E-state index contributed by atoms with van der Waals surface area (Å²) < 4.78 is 5.48. The highest BCUT2D eigenvalue weighted by atomic mass is 16.5. The van der Waals surface area contributed by atoms with Crippen LogP contribution in [-0.2, 0) is 10.2 Å². The van der Waals surface area contributed by atoms with E-state index < -0.39 is 0 Å². The number of ether oxygens (including phenoxy) is 1. The van der Waals surface area contributed by atoms with Crippen molar-refractivity contribution in [2.24, 2.45) is 5.41 Å². The number of carbonyl (C=O) groups excluding carboxylic acids is 1. The van der Waals surface area contributed by atoms with Gasteiger partial charge in [0.05, 0.1) is 6.61 Å². The minimum atomic E-state index is 0.152. The van der Waals surface area contributed by atoms with E-state index in [4.69, 9.17) is 4.74 Å². The second kappa shape index (κ2) is 6.23. The Morgan fingerprint density at radius 1 is 1.05 bits per heavy atom. The molecule has 0 aliphatic heterocycles. The fourth-order valence-electron chi connectivity index (χ4n) is 2.66. The summed E-state index contributed by atoms with van der Waals surface area (Å²) in [5.74, 6) is 0.831. The average molecular weight is 262 g/mol. The van der Waals surface area contributed by atoms with E-state index in [-0.39, 0.29) is 5.41 Å². The lowest BCUT2D eigenvalue weighted by molar-refractivity contribution is -0.108. The van der Waals surface area contributed by atoms with Gasteiger partial charge in [-0.1, -0.05) is 46.8 Å². The zero-order valence-electron chi connectivity index (χ0n) is 12.8. The predicted octanol–water partition coefficient (Wildman–Crippen LogP) is 4.37. The van der Waals surface area contributed by atoms with Gasteiger partial charge in [0.1, 0.15) is 12.0 Å². The van der Waals surface area contributed by atoms with Crippen LogP contribution >= 0.6 is 0 Å². The van der Waals surface area contributed by atoms with Gasteiger partial charge < -0.3 is 9.53 Å². The standard InChI is InChI=1S/C17H26O2/c1-16(2,3)13-17(4,5)14-7-9-15(10-8-14)19-12-6-11-18/h7-11H,6,12-13H2,1-5H3. The molecule has 106 valence electrons. The fourth-order valence-corrected chi connectivity index (χ4v) is 2.66. The first-order valence-electron chi connectivity index (χ1n) is 6.92. The fraction of sp³-hybridized carbons (Fsp3) is 0.588. The molecule has 0 bridgehead atoms. The van der Waals surface area contributed by atoms with Crippen LogP contribution in [-0.4, -0.2) is 12.9 Å². The highest BCUT2D eigenvalue weighted by molar-refractivity contribution is 5.49. The Labute approximate surface area is 117 Å². The van der Waals surface area contributed by atoms with Gasteiger partial charge in [-0.25, -0.2) is 0 Å². The molecule has 0 saturated heterocycles. The molecule has 1 rings (SSSR count). The predicted molar refractivity (Wildman–Crippen MR) is 79.7 cm³/mol. The highest BCUT2D eigenvalue weighted by Crippen LogP contribution is 2.36. The molecule has 0 aliphatic carbocycles. The number of aldehydes is 1. The average Bonchev–Trinajstić information content (AvgIpc) is 2.27. The minimum absolute atomic E-state index is 0.152. The Balaban J connectivity index is 2.72. The second-order valence-corrected chi connectivity index (χ2v) is 6.95. The van der Waals surface area contributed by atoms with Crippen molar-refractivity contribution in [2.75, 3.05) is 6.61 Å². The molecule has 2 nitrogen and oxygen atoms in total. The lowest BCUT2D eigenvalue weighted by Crippen LogP contribution is -2.24. The largest absolute Gasteiger partial charge is 0.493 e. The summed E-state index contributed by atoms with van der Waals surface area (Å²) in [4.78, 5) is 10.2. The van der Waals surface area contributed by atoms with Crippen LogP contribution in [0.5, 0.6) is 5.75 Å². The molecule has 1 aromatic carbocycles. The van der Waals surface area contributed by atoms with E-state index in [2.05, 4.69) is 46.8 Å². The maximum absolute atomic E-state index is 10.2. The molecule has 0 amide bonds. The van der Waals surface area contributed by atoms with Crippen LogP contribution in [0.1, 0.15) is 53.0 Å². The third-order valence-electron chi connectivity index (χ3n) is 3.11. The first kappa shape index (κ1) is 15.7. The molecule has 19 heavy (non-hydrogen) atoms. The zero-order chi connectivity index (χ0) is 14.5. The summed E-state index contributed by atoms with van der Waals surface area (Å²) in [5, 5.41) is 0. The minimum Gasteiger partial charge on any atom is -0.493 e. The number of rotatable bonds is 6. The normalized spacial score (nSPS) is 12.3. The van der Waals surface area contributed by atoms with E-state index in [1.165, 1.54) is 5.56 Å². The van der Waals surface area contributed by atoms with Gasteiger partial charge in [0.25, 0.3) is 0 Å². The van der Waals surface area contributed by atoms with Gasteiger partial charge in [0.15, 0.2) is 0 Å². The number of hydrogen-bond donors (Lipinski definition) is 0. The van der Waals surface area contributed by atoms with Crippen LogP contribution in [0, 0.1) is 5.41 Å². The van der Waals surface area contributed by atoms with Gasteiger partial charge in [-0.15, -0.1) is 0 Å². The van der Waals surface area contributed by atoms with Crippen LogP contribution in [0.25, 0.3) is 0 Å². The van der Waals surface area contributed by atoms with E-state index in [0.717, 1.165) is 18.5 Å². The van der Waals surface area contributed by atoms with Gasteiger partial charge in [-0.3, -0.25) is 0 Å². The summed E-state index contributed by atoms with van der Waals surface area (Å²) in [6.07, 6.45) is 2.45. The number of benzene rings is 1. The molecule has 0 aliphatic rings. The first-order chi connectivity index (χ1) is 8.74. The summed E-state index contributed by atoms with van der Waals surface area (Å²) in [6, 6.07) is 8.24. The van der Waals surface area contributed by atoms with E-state index >= 15 is 0 Å². The summed E-state index contributed by atoms with van der Waals surface area (Å²) in [7, 11) is 0. The maximum atomic E-state index is 10.2. The van der Waals surface area contributed by atoms with Crippen LogP contribution in [0.4, 0.5) is 0 Å². The molecule has 0 radical (unpaired) electrons. The molecule has 0 aromatic heterocycles. The van der Waals surface area contributed by atoms with Gasteiger partial charge in [0.2, 0.25) is 0 Å². The molecule has 1 aromatic rings. The molecule has 0 fully saturated rings. The third-order valence-corrected chi connectivity index (χ3v) is 3.11. The quantitative estimate of drug-likeness (QED) is 0.562. The van der Waals surface area contributed by atoms with Crippen molar-refractivity contribution in [3.05, 3.63) is 29.8 Å². The molecule has 0 heterocycles. The van der Waals surface area contributed by atoms with Crippen molar-refractivity contribution in [2.45, 2.75) is 52.9 Å². The molecule has 2 heteroatoms. The van der Waals surface area contributed by atoms with Crippen molar-refractivity contribution >= 4 is 6.29 Å². The molecular weight excluding hydrogens is 236 g/mol. The Kier molecular flexibility index (Phi) is 5.16. The monoisotopic (exact) mass is 262 g/mol. The Hall–Kier alpha value is -1.31. The molecule has 0 spiro atoms. The lowest BCUT2D eigenvalue weighted by atomic mass is 9.72. The number of hydrogen-bond acceptors (Lipinski definition) is 2. The van der Waals surface area contributed by atoms with Gasteiger partial charge >= 0.3 is 0 Å². The van der Waals surface area contributed by atoms with E-state index in [9.17, 15) is 4.79 Å². The molecular formula is C17H26O2. The summed E-state index contributed by atoms with van der Waals surface area (Å²) >= 11 is 0. The first-order valence-corrected chi connectivity index (χ1v) is 6.92. The summed E-state index contributed by atoms with van der Waals surface area (Å²) in [5.41, 5.74) is 1.78. The van der Waals surface area contributed by atoms with Crippen molar-refractivity contribution in [1.29, 1.82) is 0 Å². The molecule has 0 unspecified atom stereocenters. The molecule has 0 N–H and O–H groups in total. The van der Waals surface area contributed by atoms with Crippen LogP contribution < -0.4 is 4.74 Å². The van der Waals surface area contributed by atoms with Gasteiger partial charge in [-0.2, -0.15) is 0 Å². The topological polar surface area (TPSA) is 26.3 Å². The van der Waals surface area contributed by atoms with Crippen molar-refractivity contribution in [3.63, 3.8) is 0 Å². The number of carbonyl (C=O) groups is 1.